The monoisotopic (exact) mass is 246 g/mol. The number of amides is 1. The highest BCUT2D eigenvalue weighted by molar-refractivity contribution is 5.93. The average molecular weight is 246 g/mol. The van der Waals surface area contributed by atoms with Crippen molar-refractivity contribution in [3.8, 4) is 0 Å². The Kier molecular flexibility index (Phi) is 3.90. The molecule has 3 unspecified atom stereocenters. The zero-order valence-corrected chi connectivity index (χ0v) is 11.1. The Morgan fingerprint density at radius 1 is 1.33 bits per heavy atom. The van der Waals surface area contributed by atoms with E-state index in [1.807, 2.05) is 18.2 Å². The second-order valence-electron chi connectivity index (χ2n) is 5.59. The molecule has 1 aliphatic carbocycles. The van der Waals surface area contributed by atoms with Crippen molar-refractivity contribution in [1.29, 1.82) is 0 Å². The van der Waals surface area contributed by atoms with Crippen LogP contribution in [0.5, 0.6) is 0 Å². The lowest BCUT2D eigenvalue weighted by Crippen LogP contribution is -2.33. The second kappa shape index (κ2) is 5.42. The third kappa shape index (κ3) is 3.03. The third-order valence-corrected chi connectivity index (χ3v) is 3.96. The summed E-state index contributed by atoms with van der Waals surface area (Å²) in [6.45, 7) is 4.60. The number of rotatable bonds is 3. The van der Waals surface area contributed by atoms with Gasteiger partial charge in [-0.05, 0) is 42.9 Å². The summed E-state index contributed by atoms with van der Waals surface area (Å²) in [5.74, 6) is 1.08. The van der Waals surface area contributed by atoms with Crippen molar-refractivity contribution in [2.75, 3.05) is 5.32 Å². The highest BCUT2D eigenvalue weighted by Crippen LogP contribution is 2.30. The first kappa shape index (κ1) is 12.9. The predicted molar refractivity (Wildman–Crippen MR) is 74.5 cm³/mol. The van der Waals surface area contributed by atoms with Gasteiger partial charge in [0.05, 0.1) is 0 Å². The Balaban J connectivity index is 2.08. The molecule has 1 saturated carbocycles. The van der Waals surface area contributed by atoms with Crippen LogP contribution < -0.4 is 11.1 Å². The summed E-state index contributed by atoms with van der Waals surface area (Å²) in [6, 6.07) is 7.96. The molecule has 0 heterocycles. The minimum Gasteiger partial charge on any atom is -0.382 e. The average Bonchev–Trinajstić information content (AvgIpc) is 2.34. The largest absolute Gasteiger partial charge is 0.382 e. The van der Waals surface area contributed by atoms with Gasteiger partial charge in [-0.25, -0.2) is 0 Å². The van der Waals surface area contributed by atoms with Crippen LogP contribution in [0.15, 0.2) is 24.3 Å². The van der Waals surface area contributed by atoms with Crippen molar-refractivity contribution in [2.24, 2.45) is 17.6 Å². The lowest BCUT2D eigenvalue weighted by atomic mass is 9.80. The van der Waals surface area contributed by atoms with E-state index in [1.165, 1.54) is 19.3 Å². The van der Waals surface area contributed by atoms with Gasteiger partial charge in [0, 0.05) is 17.3 Å². The Morgan fingerprint density at radius 2 is 2.11 bits per heavy atom. The maximum Gasteiger partial charge on any atom is 0.248 e. The summed E-state index contributed by atoms with van der Waals surface area (Å²) in [5, 5.41) is 3.55. The number of nitrogens with one attached hydrogen (secondary N) is 1. The quantitative estimate of drug-likeness (QED) is 0.861. The second-order valence-corrected chi connectivity index (χ2v) is 5.59. The van der Waals surface area contributed by atoms with Gasteiger partial charge >= 0.3 is 0 Å². The molecule has 3 heteroatoms. The summed E-state index contributed by atoms with van der Waals surface area (Å²) in [5.41, 5.74) is 6.86. The standard InChI is InChI=1S/C15H22N2O/c1-10-6-7-11(2)14(8-10)17-13-5-3-4-12(9-13)15(16)18/h3-5,9-11,14,17H,6-8H2,1-2H3,(H2,16,18). The van der Waals surface area contributed by atoms with E-state index in [-0.39, 0.29) is 5.91 Å². The first-order valence-electron chi connectivity index (χ1n) is 6.72. The first-order valence-corrected chi connectivity index (χ1v) is 6.72. The number of anilines is 1. The fraction of sp³-hybridized carbons (Fsp3) is 0.533. The Bertz CT molecular complexity index is 430. The van der Waals surface area contributed by atoms with Crippen LogP contribution in [0.25, 0.3) is 0 Å². The third-order valence-electron chi connectivity index (χ3n) is 3.96. The molecule has 1 fully saturated rings. The van der Waals surface area contributed by atoms with Crippen molar-refractivity contribution in [2.45, 2.75) is 39.2 Å². The molecule has 3 atom stereocenters. The van der Waals surface area contributed by atoms with Crippen LogP contribution in [0.3, 0.4) is 0 Å². The molecule has 1 aliphatic rings. The number of primary amides is 1. The molecule has 0 spiro atoms. The van der Waals surface area contributed by atoms with Crippen LogP contribution in [-0.2, 0) is 0 Å². The molecule has 1 amide bonds. The summed E-state index contributed by atoms with van der Waals surface area (Å²) >= 11 is 0. The van der Waals surface area contributed by atoms with E-state index < -0.39 is 0 Å². The molecule has 0 bridgehead atoms. The van der Waals surface area contributed by atoms with Gasteiger partial charge in [-0.15, -0.1) is 0 Å². The number of carbonyl (C=O) groups is 1. The molecular weight excluding hydrogens is 224 g/mol. The molecule has 0 aliphatic heterocycles. The molecule has 98 valence electrons. The normalized spacial score (nSPS) is 27.8. The summed E-state index contributed by atoms with van der Waals surface area (Å²) in [4.78, 5) is 11.2. The molecule has 0 aromatic heterocycles. The predicted octanol–water partition coefficient (Wildman–Crippen LogP) is 3.02. The lowest BCUT2D eigenvalue weighted by Gasteiger charge is -2.34. The highest BCUT2D eigenvalue weighted by Gasteiger charge is 2.25. The minimum atomic E-state index is -0.372. The van der Waals surface area contributed by atoms with Gasteiger partial charge in [0.25, 0.3) is 0 Å². The number of hydrogen-bond donors (Lipinski definition) is 2. The van der Waals surface area contributed by atoms with E-state index in [4.69, 9.17) is 5.73 Å². The topological polar surface area (TPSA) is 55.1 Å². The van der Waals surface area contributed by atoms with E-state index in [2.05, 4.69) is 19.2 Å². The van der Waals surface area contributed by atoms with E-state index >= 15 is 0 Å². The number of benzene rings is 1. The first-order chi connectivity index (χ1) is 8.56. The van der Waals surface area contributed by atoms with Crippen molar-refractivity contribution >= 4 is 11.6 Å². The fourth-order valence-electron chi connectivity index (χ4n) is 2.71. The van der Waals surface area contributed by atoms with E-state index in [0.717, 1.165) is 11.6 Å². The van der Waals surface area contributed by atoms with E-state index in [1.54, 1.807) is 6.07 Å². The van der Waals surface area contributed by atoms with Crippen LogP contribution in [0.4, 0.5) is 5.69 Å². The van der Waals surface area contributed by atoms with Crippen molar-refractivity contribution in [1.82, 2.24) is 0 Å². The SMILES string of the molecule is CC1CCC(C)C(Nc2cccc(C(N)=O)c2)C1. The van der Waals surface area contributed by atoms with Gasteiger partial charge in [-0.1, -0.05) is 26.3 Å². The molecule has 0 saturated heterocycles. The Labute approximate surface area is 109 Å². The summed E-state index contributed by atoms with van der Waals surface area (Å²) in [6.07, 6.45) is 3.79. The molecule has 3 N–H and O–H groups in total. The number of hydrogen-bond acceptors (Lipinski definition) is 2. The lowest BCUT2D eigenvalue weighted by molar-refractivity contribution is 0.100. The van der Waals surface area contributed by atoms with Crippen molar-refractivity contribution in [3.63, 3.8) is 0 Å². The van der Waals surface area contributed by atoms with Crippen LogP contribution in [0.1, 0.15) is 43.5 Å². The molecule has 18 heavy (non-hydrogen) atoms. The molecule has 1 aromatic rings. The van der Waals surface area contributed by atoms with Crippen LogP contribution in [0, 0.1) is 11.8 Å². The summed E-state index contributed by atoms with van der Waals surface area (Å²) in [7, 11) is 0. The molecule has 0 radical (unpaired) electrons. The smallest absolute Gasteiger partial charge is 0.248 e. The van der Waals surface area contributed by atoms with Gasteiger partial charge in [0.1, 0.15) is 0 Å². The Morgan fingerprint density at radius 3 is 2.83 bits per heavy atom. The van der Waals surface area contributed by atoms with E-state index in [9.17, 15) is 4.79 Å². The maximum absolute atomic E-state index is 11.2. The Hall–Kier alpha value is -1.51. The van der Waals surface area contributed by atoms with Gasteiger partial charge in [-0.2, -0.15) is 0 Å². The van der Waals surface area contributed by atoms with Crippen LogP contribution in [-0.4, -0.2) is 11.9 Å². The van der Waals surface area contributed by atoms with Gasteiger partial charge in [-0.3, -0.25) is 4.79 Å². The highest BCUT2D eigenvalue weighted by atomic mass is 16.1. The molecule has 2 rings (SSSR count). The van der Waals surface area contributed by atoms with E-state index in [0.29, 0.717) is 17.5 Å². The minimum absolute atomic E-state index is 0.372. The molecule has 1 aromatic carbocycles. The number of nitrogens with two attached hydrogens (primary N) is 1. The fourth-order valence-corrected chi connectivity index (χ4v) is 2.71. The zero-order chi connectivity index (χ0) is 13.1. The number of carbonyl (C=O) groups excluding carboxylic acids is 1. The van der Waals surface area contributed by atoms with Crippen molar-refractivity contribution in [3.05, 3.63) is 29.8 Å². The molecule has 3 nitrogen and oxygen atoms in total. The summed E-state index contributed by atoms with van der Waals surface area (Å²) < 4.78 is 0. The zero-order valence-electron chi connectivity index (χ0n) is 11.1. The van der Waals surface area contributed by atoms with Gasteiger partial charge in [0.2, 0.25) is 5.91 Å². The molecular formula is C15H22N2O. The van der Waals surface area contributed by atoms with Crippen LogP contribution in [0.2, 0.25) is 0 Å². The van der Waals surface area contributed by atoms with Crippen molar-refractivity contribution < 1.29 is 4.79 Å². The van der Waals surface area contributed by atoms with Gasteiger partial charge < -0.3 is 11.1 Å². The van der Waals surface area contributed by atoms with Crippen LogP contribution >= 0.6 is 0 Å². The van der Waals surface area contributed by atoms with Gasteiger partial charge in [0.15, 0.2) is 0 Å². The maximum atomic E-state index is 11.2.